The van der Waals surface area contributed by atoms with Gasteiger partial charge in [0.2, 0.25) is 0 Å². The minimum absolute atomic E-state index is 0.353. The van der Waals surface area contributed by atoms with Crippen LogP contribution in [0.3, 0.4) is 0 Å². The van der Waals surface area contributed by atoms with E-state index < -0.39 is 11.9 Å². The highest BCUT2D eigenvalue weighted by molar-refractivity contribution is 5.89. The molecule has 0 saturated carbocycles. The van der Waals surface area contributed by atoms with E-state index in [1.54, 1.807) is 32.0 Å². The van der Waals surface area contributed by atoms with Crippen LogP contribution < -0.4 is 9.47 Å². The molecule has 4 heteroatoms. The summed E-state index contributed by atoms with van der Waals surface area (Å²) in [6.45, 7) is 12.6. The number of hydrogen-bond donors (Lipinski definition) is 0. The van der Waals surface area contributed by atoms with Crippen molar-refractivity contribution in [1.29, 1.82) is 0 Å². The maximum atomic E-state index is 11.8. The van der Waals surface area contributed by atoms with Crippen LogP contribution in [-0.2, 0) is 16.0 Å². The molecule has 0 unspecified atom stereocenters. The molecule has 0 amide bonds. The fourth-order valence-electron chi connectivity index (χ4n) is 2.58. The number of rotatable bonds is 8. The summed E-state index contributed by atoms with van der Waals surface area (Å²) in [6.07, 6.45) is 2.96. The van der Waals surface area contributed by atoms with Gasteiger partial charge in [0.15, 0.2) is 0 Å². The topological polar surface area (TPSA) is 52.6 Å². The lowest BCUT2D eigenvalue weighted by atomic mass is 9.96. The summed E-state index contributed by atoms with van der Waals surface area (Å²) in [7, 11) is 0. The Morgan fingerprint density at radius 1 is 0.857 bits per heavy atom. The number of hydrogen-bond acceptors (Lipinski definition) is 4. The standard InChI is InChI=1S/C24H26O4/c1-6-7-8-19-15-21(28-24(26)17(4)5)13-14-22(19)18-9-11-20(12-10-18)27-23(25)16(2)3/h9-15H,2,4,6-8H2,1,3,5H3. The summed E-state index contributed by atoms with van der Waals surface area (Å²) in [5.74, 6) is 0.103. The van der Waals surface area contributed by atoms with Gasteiger partial charge in [0, 0.05) is 11.1 Å². The van der Waals surface area contributed by atoms with Gasteiger partial charge in [0.05, 0.1) is 0 Å². The minimum atomic E-state index is -0.444. The number of ether oxygens (including phenoxy) is 2. The lowest BCUT2D eigenvalue weighted by Crippen LogP contribution is -2.08. The quantitative estimate of drug-likeness (QED) is 0.338. The van der Waals surface area contributed by atoms with Crippen molar-refractivity contribution in [2.45, 2.75) is 40.0 Å². The van der Waals surface area contributed by atoms with Gasteiger partial charge in [-0.25, -0.2) is 9.59 Å². The van der Waals surface area contributed by atoms with Gasteiger partial charge in [-0.15, -0.1) is 0 Å². The highest BCUT2D eigenvalue weighted by atomic mass is 16.5. The van der Waals surface area contributed by atoms with E-state index in [0.717, 1.165) is 36.0 Å². The number of aryl methyl sites for hydroxylation is 1. The van der Waals surface area contributed by atoms with E-state index >= 15 is 0 Å². The zero-order chi connectivity index (χ0) is 20.7. The Morgan fingerprint density at radius 2 is 1.39 bits per heavy atom. The average molecular weight is 378 g/mol. The average Bonchev–Trinajstić information content (AvgIpc) is 2.67. The molecule has 0 fully saturated rings. The van der Waals surface area contributed by atoms with Crippen LogP contribution in [0.1, 0.15) is 39.2 Å². The molecule has 28 heavy (non-hydrogen) atoms. The first kappa shape index (κ1) is 21.2. The highest BCUT2D eigenvalue weighted by Crippen LogP contribution is 2.30. The van der Waals surface area contributed by atoms with Crippen molar-refractivity contribution in [3.63, 3.8) is 0 Å². The van der Waals surface area contributed by atoms with Crippen molar-refractivity contribution in [3.05, 3.63) is 72.3 Å². The first-order valence-corrected chi connectivity index (χ1v) is 9.30. The van der Waals surface area contributed by atoms with E-state index in [1.165, 1.54) is 0 Å². The van der Waals surface area contributed by atoms with Crippen LogP contribution in [0.25, 0.3) is 11.1 Å². The first-order valence-electron chi connectivity index (χ1n) is 9.30. The molecule has 0 atom stereocenters. The molecule has 0 heterocycles. The van der Waals surface area contributed by atoms with E-state index in [4.69, 9.17) is 9.47 Å². The lowest BCUT2D eigenvalue weighted by molar-refractivity contribution is -0.130. The Hall–Kier alpha value is -3.14. The number of carbonyl (C=O) groups excluding carboxylic acids is 2. The van der Waals surface area contributed by atoms with Crippen LogP contribution in [0, 0.1) is 0 Å². The fourth-order valence-corrected chi connectivity index (χ4v) is 2.58. The third kappa shape index (κ3) is 5.68. The fraction of sp³-hybridized carbons (Fsp3) is 0.250. The molecule has 0 radical (unpaired) electrons. The van der Waals surface area contributed by atoms with Crippen LogP contribution in [-0.4, -0.2) is 11.9 Å². The van der Waals surface area contributed by atoms with Gasteiger partial charge in [-0.05, 0) is 67.6 Å². The van der Waals surface area contributed by atoms with Crippen molar-refractivity contribution in [3.8, 4) is 22.6 Å². The summed E-state index contributed by atoms with van der Waals surface area (Å²) in [6, 6.07) is 13.0. The largest absolute Gasteiger partial charge is 0.423 e. The van der Waals surface area contributed by atoms with Crippen molar-refractivity contribution in [2.24, 2.45) is 0 Å². The van der Waals surface area contributed by atoms with Crippen LogP contribution in [0.15, 0.2) is 66.8 Å². The molecule has 2 aromatic rings. The molecule has 4 nitrogen and oxygen atoms in total. The van der Waals surface area contributed by atoms with Gasteiger partial charge >= 0.3 is 11.9 Å². The Morgan fingerprint density at radius 3 is 1.93 bits per heavy atom. The zero-order valence-corrected chi connectivity index (χ0v) is 16.7. The monoisotopic (exact) mass is 378 g/mol. The van der Waals surface area contributed by atoms with Gasteiger partial charge < -0.3 is 9.47 Å². The molecule has 0 aliphatic rings. The predicted molar refractivity (Wildman–Crippen MR) is 111 cm³/mol. The Labute approximate surface area is 166 Å². The second-order valence-corrected chi connectivity index (χ2v) is 6.79. The van der Waals surface area contributed by atoms with Gasteiger partial charge in [-0.1, -0.05) is 44.7 Å². The molecular weight excluding hydrogens is 352 g/mol. The number of benzene rings is 2. The number of esters is 2. The van der Waals surface area contributed by atoms with Gasteiger partial charge in [-0.2, -0.15) is 0 Å². The molecule has 2 rings (SSSR count). The Bertz CT molecular complexity index is 891. The Kier molecular flexibility index (Phi) is 7.33. The normalized spacial score (nSPS) is 10.2. The smallest absolute Gasteiger partial charge is 0.338 e. The van der Waals surface area contributed by atoms with Crippen LogP contribution in [0.4, 0.5) is 0 Å². The van der Waals surface area contributed by atoms with E-state index in [2.05, 4.69) is 20.1 Å². The summed E-state index contributed by atoms with van der Waals surface area (Å²) in [5.41, 5.74) is 3.87. The third-order valence-electron chi connectivity index (χ3n) is 4.16. The molecule has 0 spiro atoms. The summed E-state index contributed by atoms with van der Waals surface area (Å²) >= 11 is 0. The van der Waals surface area contributed by atoms with Crippen molar-refractivity contribution < 1.29 is 19.1 Å². The second kappa shape index (κ2) is 9.70. The SMILES string of the molecule is C=C(C)C(=O)Oc1ccc(-c2ccc(OC(=O)C(=C)C)cc2CCCC)cc1. The highest BCUT2D eigenvalue weighted by Gasteiger charge is 2.11. The molecule has 146 valence electrons. The second-order valence-electron chi connectivity index (χ2n) is 6.79. The van der Waals surface area contributed by atoms with Crippen LogP contribution in [0.2, 0.25) is 0 Å². The lowest BCUT2D eigenvalue weighted by Gasteiger charge is -2.13. The maximum Gasteiger partial charge on any atom is 0.338 e. The van der Waals surface area contributed by atoms with Crippen molar-refractivity contribution in [2.75, 3.05) is 0 Å². The molecule has 0 aliphatic carbocycles. The van der Waals surface area contributed by atoms with E-state index in [0.29, 0.717) is 22.6 Å². The van der Waals surface area contributed by atoms with Crippen molar-refractivity contribution >= 4 is 11.9 Å². The molecule has 0 aromatic heterocycles. The predicted octanol–water partition coefficient (Wildman–Crippen LogP) is 5.66. The summed E-state index contributed by atoms with van der Waals surface area (Å²) in [4.78, 5) is 23.4. The van der Waals surface area contributed by atoms with E-state index in [-0.39, 0.29) is 0 Å². The molecule has 0 saturated heterocycles. The molecular formula is C24H26O4. The summed E-state index contributed by atoms with van der Waals surface area (Å²) in [5, 5.41) is 0. The van der Waals surface area contributed by atoms with E-state index in [9.17, 15) is 9.59 Å². The van der Waals surface area contributed by atoms with Crippen LogP contribution in [0.5, 0.6) is 11.5 Å². The first-order chi connectivity index (χ1) is 13.3. The minimum Gasteiger partial charge on any atom is -0.423 e. The van der Waals surface area contributed by atoms with Gasteiger partial charge in [0.1, 0.15) is 11.5 Å². The molecule has 0 bridgehead atoms. The molecule has 2 aromatic carbocycles. The number of carbonyl (C=O) groups is 2. The molecule has 0 aliphatic heterocycles. The molecule has 0 N–H and O–H groups in total. The van der Waals surface area contributed by atoms with Crippen molar-refractivity contribution in [1.82, 2.24) is 0 Å². The van der Waals surface area contributed by atoms with E-state index in [1.807, 2.05) is 24.3 Å². The van der Waals surface area contributed by atoms with Gasteiger partial charge in [0.25, 0.3) is 0 Å². The van der Waals surface area contributed by atoms with Crippen LogP contribution >= 0.6 is 0 Å². The summed E-state index contributed by atoms with van der Waals surface area (Å²) < 4.78 is 10.6. The zero-order valence-electron chi connectivity index (χ0n) is 16.7. The van der Waals surface area contributed by atoms with Gasteiger partial charge in [-0.3, -0.25) is 0 Å². The third-order valence-corrected chi connectivity index (χ3v) is 4.16. The Balaban J connectivity index is 2.29. The maximum absolute atomic E-state index is 11.8. The number of unbranched alkanes of at least 4 members (excludes halogenated alkanes) is 1.